The molecule has 2 aromatic carbocycles. The highest BCUT2D eigenvalue weighted by atomic mass is 19.1. The Morgan fingerprint density at radius 1 is 1.20 bits per heavy atom. The van der Waals surface area contributed by atoms with E-state index in [0.29, 0.717) is 11.3 Å². The topological polar surface area (TPSA) is 52.4 Å². The van der Waals surface area contributed by atoms with Gasteiger partial charge in [-0.15, -0.1) is 0 Å². The molecule has 0 unspecified atom stereocenters. The van der Waals surface area contributed by atoms with Gasteiger partial charge >= 0.3 is 5.69 Å². The summed E-state index contributed by atoms with van der Waals surface area (Å²) in [4.78, 5) is 9.77. The molecule has 0 fully saturated rings. The summed E-state index contributed by atoms with van der Waals surface area (Å²) >= 11 is 0. The number of nitro benzene ring substituents is 1. The van der Waals surface area contributed by atoms with Gasteiger partial charge in [-0.3, -0.25) is 10.1 Å². The van der Waals surface area contributed by atoms with Gasteiger partial charge in [-0.05, 0) is 41.8 Å². The zero-order valence-corrected chi connectivity index (χ0v) is 11.0. The van der Waals surface area contributed by atoms with Crippen LogP contribution in [0.3, 0.4) is 0 Å². The molecule has 0 aliphatic rings. The van der Waals surface area contributed by atoms with Gasteiger partial charge in [0.15, 0.2) is 0 Å². The fourth-order valence-corrected chi connectivity index (χ4v) is 1.81. The fraction of sp³-hybridized carbons (Fsp3) is 0.200. The lowest BCUT2D eigenvalue weighted by Gasteiger charge is -2.07. The first-order valence-electron chi connectivity index (χ1n) is 6.24. The Morgan fingerprint density at radius 3 is 2.65 bits per heavy atom. The van der Waals surface area contributed by atoms with Crippen molar-refractivity contribution in [2.24, 2.45) is 0 Å². The summed E-state index contributed by atoms with van der Waals surface area (Å²) in [5.41, 5.74) is 1.18. The number of hydrogen-bond acceptors (Lipinski definition) is 3. The summed E-state index contributed by atoms with van der Waals surface area (Å²) in [5, 5.41) is 10.5. The number of ether oxygens (including phenoxy) is 1. The van der Waals surface area contributed by atoms with Crippen LogP contribution in [0, 0.1) is 15.9 Å². The van der Waals surface area contributed by atoms with E-state index in [1.165, 1.54) is 6.07 Å². The molecule has 0 spiro atoms. The highest BCUT2D eigenvalue weighted by Gasteiger charge is 2.13. The Bertz CT molecular complexity index is 628. The molecule has 0 aliphatic carbocycles. The van der Waals surface area contributed by atoms with Crippen LogP contribution in [0.25, 0.3) is 0 Å². The van der Waals surface area contributed by atoms with Gasteiger partial charge in [-0.2, -0.15) is 4.39 Å². The van der Waals surface area contributed by atoms with Crippen molar-refractivity contribution in [2.45, 2.75) is 20.0 Å². The summed E-state index contributed by atoms with van der Waals surface area (Å²) in [6.07, 6.45) is 0.906. The highest BCUT2D eigenvalue weighted by Crippen LogP contribution is 2.20. The van der Waals surface area contributed by atoms with Crippen molar-refractivity contribution < 1.29 is 14.1 Å². The lowest BCUT2D eigenvalue weighted by Crippen LogP contribution is -1.99. The molecular formula is C15H14FNO3. The van der Waals surface area contributed by atoms with Gasteiger partial charge in [0.05, 0.1) is 4.92 Å². The van der Waals surface area contributed by atoms with E-state index in [9.17, 15) is 14.5 Å². The van der Waals surface area contributed by atoms with E-state index in [1.807, 2.05) is 31.2 Å². The lowest BCUT2D eigenvalue weighted by molar-refractivity contribution is -0.387. The number of hydrogen-bond donors (Lipinski definition) is 0. The molecular weight excluding hydrogens is 261 g/mol. The maximum absolute atomic E-state index is 13.4. The molecule has 0 aromatic heterocycles. The molecule has 0 radical (unpaired) electrons. The van der Waals surface area contributed by atoms with E-state index in [0.717, 1.165) is 24.1 Å². The minimum atomic E-state index is -0.849. The molecule has 2 rings (SSSR count). The van der Waals surface area contributed by atoms with Crippen molar-refractivity contribution in [3.8, 4) is 5.75 Å². The molecule has 0 amide bonds. The molecule has 0 saturated heterocycles. The van der Waals surface area contributed by atoms with Crippen LogP contribution < -0.4 is 4.74 Å². The molecule has 0 heterocycles. The van der Waals surface area contributed by atoms with E-state index in [-0.39, 0.29) is 6.61 Å². The van der Waals surface area contributed by atoms with Crippen molar-refractivity contribution >= 4 is 5.69 Å². The monoisotopic (exact) mass is 275 g/mol. The van der Waals surface area contributed by atoms with Gasteiger partial charge in [0.2, 0.25) is 5.82 Å². The van der Waals surface area contributed by atoms with E-state index < -0.39 is 16.4 Å². The second-order valence-corrected chi connectivity index (χ2v) is 4.33. The summed E-state index contributed by atoms with van der Waals surface area (Å²) in [5.74, 6) is -0.151. The van der Waals surface area contributed by atoms with Crippen LogP contribution >= 0.6 is 0 Å². The van der Waals surface area contributed by atoms with Crippen LogP contribution in [0.4, 0.5) is 10.1 Å². The van der Waals surface area contributed by atoms with Crippen LogP contribution in [0.15, 0.2) is 42.5 Å². The molecule has 0 saturated carbocycles. The summed E-state index contributed by atoms with van der Waals surface area (Å²) in [7, 11) is 0. The van der Waals surface area contributed by atoms with Crippen molar-refractivity contribution in [2.75, 3.05) is 0 Å². The van der Waals surface area contributed by atoms with Gasteiger partial charge in [-0.25, -0.2) is 0 Å². The first kappa shape index (κ1) is 14.0. The van der Waals surface area contributed by atoms with Crippen LogP contribution in [0.5, 0.6) is 5.75 Å². The molecule has 0 aliphatic heterocycles. The van der Waals surface area contributed by atoms with Gasteiger partial charge in [0, 0.05) is 6.07 Å². The molecule has 0 N–H and O–H groups in total. The Hall–Kier alpha value is -2.43. The third-order valence-electron chi connectivity index (χ3n) is 2.92. The second-order valence-electron chi connectivity index (χ2n) is 4.33. The van der Waals surface area contributed by atoms with Crippen LogP contribution in [-0.4, -0.2) is 4.92 Å². The normalized spacial score (nSPS) is 10.3. The van der Waals surface area contributed by atoms with Gasteiger partial charge < -0.3 is 4.74 Å². The third-order valence-corrected chi connectivity index (χ3v) is 2.92. The first-order chi connectivity index (χ1) is 9.60. The number of rotatable bonds is 5. The third kappa shape index (κ3) is 3.32. The van der Waals surface area contributed by atoms with E-state index in [4.69, 9.17) is 4.74 Å². The molecule has 20 heavy (non-hydrogen) atoms. The van der Waals surface area contributed by atoms with Crippen LogP contribution in [0.1, 0.15) is 18.1 Å². The molecule has 5 heteroatoms. The molecule has 0 bridgehead atoms. The zero-order chi connectivity index (χ0) is 14.5. The largest absolute Gasteiger partial charge is 0.489 e. The predicted octanol–water partition coefficient (Wildman–Crippen LogP) is 3.88. The minimum Gasteiger partial charge on any atom is -0.489 e. The minimum absolute atomic E-state index is 0.169. The summed E-state index contributed by atoms with van der Waals surface area (Å²) in [6.45, 7) is 2.22. The number of nitrogens with zero attached hydrogens (tertiary/aromatic N) is 1. The van der Waals surface area contributed by atoms with Gasteiger partial charge in [0.1, 0.15) is 12.4 Å². The van der Waals surface area contributed by atoms with Crippen molar-refractivity contribution in [3.63, 3.8) is 0 Å². The Morgan fingerprint density at radius 2 is 2.00 bits per heavy atom. The van der Waals surface area contributed by atoms with Crippen molar-refractivity contribution in [3.05, 3.63) is 69.5 Å². The SMILES string of the molecule is CCc1cccc(OCc2ccc([N+](=O)[O-])c(F)c2)c1. The van der Waals surface area contributed by atoms with E-state index in [1.54, 1.807) is 0 Å². The first-order valence-corrected chi connectivity index (χ1v) is 6.24. The van der Waals surface area contributed by atoms with Crippen molar-refractivity contribution in [1.82, 2.24) is 0 Å². The quantitative estimate of drug-likeness (QED) is 0.614. The maximum Gasteiger partial charge on any atom is 0.304 e. The number of halogens is 1. The average Bonchev–Trinajstić information content (AvgIpc) is 2.45. The number of nitro groups is 1. The Labute approximate surface area is 116 Å². The standard InChI is InChI=1S/C15H14FNO3/c1-2-11-4-3-5-13(8-11)20-10-12-6-7-15(17(18)19)14(16)9-12/h3-9H,2,10H2,1H3. The Balaban J connectivity index is 2.07. The summed E-state index contributed by atoms with van der Waals surface area (Å²) in [6, 6.07) is 11.4. The molecule has 0 atom stereocenters. The fourth-order valence-electron chi connectivity index (χ4n) is 1.81. The lowest BCUT2D eigenvalue weighted by atomic mass is 10.1. The molecule has 2 aromatic rings. The summed E-state index contributed by atoms with van der Waals surface area (Å²) < 4.78 is 19.0. The number of benzene rings is 2. The average molecular weight is 275 g/mol. The smallest absolute Gasteiger partial charge is 0.304 e. The zero-order valence-electron chi connectivity index (χ0n) is 11.0. The predicted molar refractivity (Wildman–Crippen MR) is 73.2 cm³/mol. The number of aryl methyl sites for hydroxylation is 1. The van der Waals surface area contributed by atoms with E-state index >= 15 is 0 Å². The van der Waals surface area contributed by atoms with Gasteiger partial charge in [0.25, 0.3) is 0 Å². The molecule has 4 nitrogen and oxygen atoms in total. The Kier molecular flexibility index (Phi) is 4.30. The van der Waals surface area contributed by atoms with Gasteiger partial charge in [-0.1, -0.05) is 19.1 Å². The van der Waals surface area contributed by atoms with Crippen molar-refractivity contribution in [1.29, 1.82) is 0 Å². The van der Waals surface area contributed by atoms with E-state index in [2.05, 4.69) is 0 Å². The maximum atomic E-state index is 13.4. The second kappa shape index (κ2) is 6.14. The van der Waals surface area contributed by atoms with Crippen LogP contribution in [-0.2, 0) is 13.0 Å². The highest BCUT2D eigenvalue weighted by molar-refractivity contribution is 5.35. The van der Waals surface area contributed by atoms with Crippen LogP contribution in [0.2, 0.25) is 0 Å². The molecule has 104 valence electrons.